The minimum Gasteiger partial charge on any atom is -0.457 e. The van der Waals surface area contributed by atoms with E-state index >= 15 is 4.39 Å². The highest BCUT2D eigenvalue weighted by Gasteiger charge is 2.30. The Morgan fingerprint density at radius 1 is 1.02 bits per heavy atom. The second-order valence-corrected chi connectivity index (χ2v) is 13.5. The molecule has 0 unspecified atom stereocenters. The molecular formula is C34H48FN5O6. The van der Waals surface area contributed by atoms with Crippen molar-refractivity contribution in [2.45, 2.75) is 96.2 Å². The summed E-state index contributed by atoms with van der Waals surface area (Å²) >= 11 is 0. The van der Waals surface area contributed by atoms with Crippen LogP contribution >= 0.6 is 0 Å². The molecular weight excluding hydrogens is 593 g/mol. The van der Waals surface area contributed by atoms with Crippen molar-refractivity contribution in [1.29, 1.82) is 0 Å². The molecule has 2 aliphatic heterocycles. The van der Waals surface area contributed by atoms with E-state index in [1.165, 1.54) is 6.07 Å². The Labute approximate surface area is 270 Å². The molecule has 3 heterocycles. The molecule has 3 aliphatic rings. The lowest BCUT2D eigenvalue weighted by molar-refractivity contribution is -0.151. The molecule has 1 saturated carbocycles. The molecule has 1 aromatic heterocycles. The molecule has 1 amide bonds. The number of amides is 1. The quantitative estimate of drug-likeness (QED) is 0.367. The molecule has 0 spiro atoms. The van der Waals surface area contributed by atoms with Gasteiger partial charge in [0.15, 0.2) is 5.82 Å². The lowest BCUT2D eigenvalue weighted by Crippen LogP contribution is -2.48. The van der Waals surface area contributed by atoms with Crippen molar-refractivity contribution in [3.8, 4) is 0 Å². The predicted molar refractivity (Wildman–Crippen MR) is 171 cm³/mol. The highest BCUT2D eigenvalue weighted by molar-refractivity contribution is 5.79. The van der Waals surface area contributed by atoms with E-state index in [0.717, 1.165) is 25.9 Å². The van der Waals surface area contributed by atoms with Crippen LogP contribution in [0.25, 0.3) is 17.1 Å². The number of piperazine rings is 1. The van der Waals surface area contributed by atoms with Crippen LogP contribution in [0.2, 0.25) is 0 Å². The Hall–Kier alpha value is -3.35. The fourth-order valence-corrected chi connectivity index (χ4v) is 6.65. The van der Waals surface area contributed by atoms with Crippen molar-refractivity contribution in [1.82, 2.24) is 24.8 Å². The standard InChI is InChI=1S/C34H48FN5O6/c1-21-5-9-27(42)20-31(43)46-33(22(2)6-12-30(21)45-34(44)39-15-13-38(4)14-16-39)23(3)17-24-18-28(35)32-29(19-24)40(37-36-32)25-7-10-26(41)11-8-25/h6,12,17-19,21-22,25-27,30,33,41-42H,5,7-11,13-16,20H2,1-4H3/b12-6+,23-17+/t21-,22-,25-,26-,27+,30-,33-/m0/s1. The van der Waals surface area contributed by atoms with Gasteiger partial charge in [0.1, 0.15) is 17.7 Å². The Bertz CT molecular complexity index is 1430. The summed E-state index contributed by atoms with van der Waals surface area (Å²) in [5, 5.41) is 28.9. The molecule has 11 nitrogen and oxygen atoms in total. The number of carbonyl (C=O) groups is 2. The zero-order valence-electron chi connectivity index (χ0n) is 27.3. The van der Waals surface area contributed by atoms with Crippen LogP contribution in [0.1, 0.15) is 77.3 Å². The molecule has 1 aromatic carbocycles. The van der Waals surface area contributed by atoms with Gasteiger partial charge in [0.25, 0.3) is 0 Å². The van der Waals surface area contributed by atoms with Crippen LogP contribution in [0.3, 0.4) is 0 Å². The van der Waals surface area contributed by atoms with Crippen LogP contribution in [0.5, 0.6) is 0 Å². The third-order valence-corrected chi connectivity index (χ3v) is 9.67. The predicted octanol–water partition coefficient (Wildman–Crippen LogP) is 4.49. The molecule has 1 saturated heterocycles. The highest BCUT2D eigenvalue weighted by Crippen LogP contribution is 2.32. The third kappa shape index (κ3) is 8.32. The molecule has 2 N–H and O–H groups in total. The van der Waals surface area contributed by atoms with Gasteiger partial charge in [-0.2, -0.15) is 0 Å². The maximum Gasteiger partial charge on any atom is 0.410 e. The summed E-state index contributed by atoms with van der Waals surface area (Å²) in [5.74, 6) is -1.41. The van der Waals surface area contributed by atoms with Crippen molar-refractivity contribution < 1.29 is 33.7 Å². The van der Waals surface area contributed by atoms with Gasteiger partial charge in [0, 0.05) is 32.1 Å². The number of nitrogens with zero attached hydrogens (tertiary/aromatic N) is 5. The Balaban J connectivity index is 1.39. The molecule has 5 atom stereocenters. The van der Waals surface area contributed by atoms with Gasteiger partial charge in [-0.25, -0.2) is 13.9 Å². The van der Waals surface area contributed by atoms with Crippen molar-refractivity contribution >= 4 is 29.2 Å². The van der Waals surface area contributed by atoms with Crippen molar-refractivity contribution in [2.75, 3.05) is 33.2 Å². The number of benzene rings is 1. The van der Waals surface area contributed by atoms with Crippen LogP contribution in [-0.2, 0) is 14.3 Å². The average molecular weight is 642 g/mol. The minimum absolute atomic E-state index is 0.0256. The first kappa shape index (κ1) is 34.0. The second-order valence-electron chi connectivity index (χ2n) is 13.5. The van der Waals surface area contributed by atoms with Gasteiger partial charge in [0.2, 0.25) is 0 Å². The van der Waals surface area contributed by atoms with E-state index in [0.29, 0.717) is 55.4 Å². The van der Waals surface area contributed by atoms with Gasteiger partial charge < -0.3 is 29.5 Å². The van der Waals surface area contributed by atoms with Crippen LogP contribution in [-0.4, -0.2) is 105 Å². The van der Waals surface area contributed by atoms with Gasteiger partial charge >= 0.3 is 12.1 Å². The van der Waals surface area contributed by atoms with Crippen molar-refractivity contribution in [3.63, 3.8) is 0 Å². The SMILES string of the molecule is C/C(=C\c1cc(F)c2nnn([C@H]3CC[C@H](O)CC3)c2c1)[C@H]1OC(=O)C[C@H](O)CC[C@H](C)[C@@H](OC(=O)N2CCN(C)CC2)/C=C/[C@@H]1C. The first-order valence-electron chi connectivity index (χ1n) is 16.6. The van der Waals surface area contributed by atoms with Crippen molar-refractivity contribution in [3.05, 3.63) is 41.2 Å². The summed E-state index contributed by atoms with van der Waals surface area (Å²) in [7, 11) is 2.03. The Morgan fingerprint density at radius 3 is 2.43 bits per heavy atom. The maximum atomic E-state index is 15.2. The Morgan fingerprint density at radius 2 is 1.72 bits per heavy atom. The molecule has 0 radical (unpaired) electrons. The number of aliphatic hydroxyl groups is 2. The topological polar surface area (TPSA) is 130 Å². The zero-order chi connectivity index (χ0) is 33.0. The molecule has 1 aliphatic carbocycles. The van der Waals surface area contributed by atoms with Gasteiger partial charge in [-0.05, 0) is 87.8 Å². The molecule has 2 fully saturated rings. The summed E-state index contributed by atoms with van der Waals surface area (Å²) in [6, 6.07) is 3.26. The number of rotatable bonds is 4. The minimum atomic E-state index is -0.891. The van der Waals surface area contributed by atoms with E-state index in [1.54, 1.807) is 15.7 Å². The number of halogens is 1. The largest absolute Gasteiger partial charge is 0.457 e. The van der Waals surface area contributed by atoms with Gasteiger partial charge in [0.05, 0.1) is 30.2 Å². The number of hydrogen-bond acceptors (Lipinski definition) is 9. The maximum absolute atomic E-state index is 15.2. The van der Waals surface area contributed by atoms with Crippen LogP contribution in [0.15, 0.2) is 29.9 Å². The van der Waals surface area contributed by atoms with Crippen LogP contribution in [0, 0.1) is 17.7 Å². The summed E-state index contributed by atoms with van der Waals surface area (Å²) in [5.41, 5.74) is 2.03. The lowest BCUT2D eigenvalue weighted by Gasteiger charge is -2.33. The van der Waals surface area contributed by atoms with Gasteiger partial charge in [-0.15, -0.1) is 5.10 Å². The number of cyclic esters (lactones) is 1. The highest BCUT2D eigenvalue weighted by atomic mass is 19.1. The molecule has 5 rings (SSSR count). The number of hydrogen-bond donors (Lipinski definition) is 2. The number of aromatic nitrogens is 3. The number of fused-ring (bicyclic) bond motifs is 1. The van der Waals surface area contributed by atoms with E-state index in [9.17, 15) is 19.8 Å². The number of ether oxygens (including phenoxy) is 2. The lowest BCUT2D eigenvalue weighted by atomic mass is 9.91. The monoisotopic (exact) mass is 641 g/mol. The summed E-state index contributed by atoms with van der Waals surface area (Å²) in [4.78, 5) is 29.9. The van der Waals surface area contributed by atoms with E-state index in [-0.39, 0.29) is 42.0 Å². The number of aliphatic hydroxyl groups excluding tert-OH is 2. The molecule has 0 bridgehead atoms. The summed E-state index contributed by atoms with van der Waals surface area (Å²) in [6.07, 6.45) is 6.34. The summed E-state index contributed by atoms with van der Waals surface area (Å²) < 4.78 is 28.9. The number of esters is 1. The van der Waals surface area contributed by atoms with Crippen LogP contribution < -0.4 is 0 Å². The van der Waals surface area contributed by atoms with Crippen LogP contribution in [0.4, 0.5) is 9.18 Å². The normalized spacial score (nSPS) is 31.5. The molecule has 12 heteroatoms. The van der Waals surface area contributed by atoms with Gasteiger partial charge in [-0.3, -0.25) is 4.79 Å². The first-order valence-corrected chi connectivity index (χ1v) is 16.6. The van der Waals surface area contributed by atoms with E-state index in [2.05, 4.69) is 15.2 Å². The average Bonchev–Trinajstić information content (AvgIpc) is 3.45. The number of carbonyl (C=O) groups excluding carboxylic acids is 2. The van der Waals surface area contributed by atoms with E-state index in [1.807, 2.05) is 46.0 Å². The molecule has 2 aromatic rings. The van der Waals surface area contributed by atoms with E-state index < -0.39 is 30.1 Å². The smallest absolute Gasteiger partial charge is 0.410 e. The summed E-state index contributed by atoms with van der Waals surface area (Å²) in [6.45, 7) is 8.50. The zero-order valence-corrected chi connectivity index (χ0v) is 27.3. The first-order chi connectivity index (χ1) is 22.0. The fourth-order valence-electron chi connectivity index (χ4n) is 6.65. The Kier molecular flexibility index (Phi) is 11.1. The van der Waals surface area contributed by atoms with Gasteiger partial charge in [-0.1, -0.05) is 31.2 Å². The second kappa shape index (κ2) is 15.0. The molecule has 46 heavy (non-hydrogen) atoms. The number of likely N-dealkylation sites (N-methyl/N-ethyl adjacent to an activating group) is 1. The van der Waals surface area contributed by atoms with Crippen molar-refractivity contribution in [2.24, 2.45) is 11.8 Å². The fraction of sp³-hybridized carbons (Fsp3) is 0.647. The third-order valence-electron chi connectivity index (χ3n) is 9.67. The van der Waals surface area contributed by atoms with E-state index in [4.69, 9.17) is 9.47 Å². The molecule has 252 valence electrons.